The van der Waals surface area contributed by atoms with Gasteiger partial charge in [0.2, 0.25) is 5.89 Å². The van der Waals surface area contributed by atoms with Gasteiger partial charge in [-0.25, -0.2) is 4.79 Å². The van der Waals surface area contributed by atoms with Crippen molar-refractivity contribution >= 4 is 18.1 Å². The van der Waals surface area contributed by atoms with Crippen molar-refractivity contribution in [2.75, 3.05) is 0 Å². The number of halogens is 3. The minimum Gasteiger partial charge on any atom is -0.507 e. The van der Waals surface area contributed by atoms with Crippen LogP contribution in [-0.4, -0.2) is 26.4 Å². The molecule has 0 spiro atoms. The van der Waals surface area contributed by atoms with Crippen LogP contribution in [-0.2, 0) is 6.18 Å². The van der Waals surface area contributed by atoms with Crippen LogP contribution in [0.15, 0.2) is 22.6 Å². The molecule has 2 rings (SSSR count). The zero-order valence-electron chi connectivity index (χ0n) is 10.1. The predicted molar refractivity (Wildman–Crippen MR) is 63.3 cm³/mol. The third-order valence-electron chi connectivity index (χ3n) is 2.35. The molecule has 1 aromatic heterocycles. The first kappa shape index (κ1) is 14.6. The van der Waals surface area contributed by atoms with Crippen molar-refractivity contribution in [2.24, 2.45) is 0 Å². The molecule has 0 aliphatic carbocycles. The number of carbonyl (C=O) groups is 1. The monoisotopic (exact) mass is 300 g/mol. The predicted octanol–water partition coefficient (Wildman–Crippen LogP) is 2.66. The first-order valence-corrected chi connectivity index (χ1v) is 5.42. The summed E-state index contributed by atoms with van der Waals surface area (Å²) < 4.78 is 41.1. The molecule has 0 aliphatic heterocycles. The number of carboxylic acids is 1. The third-order valence-corrected chi connectivity index (χ3v) is 2.35. The van der Waals surface area contributed by atoms with Gasteiger partial charge >= 0.3 is 18.0 Å². The fraction of sp³-hybridized carbons (Fsp3) is 0.0833. The van der Waals surface area contributed by atoms with Crippen molar-refractivity contribution < 1.29 is 32.6 Å². The van der Waals surface area contributed by atoms with Crippen LogP contribution in [0.5, 0.6) is 5.75 Å². The van der Waals surface area contributed by atoms with Gasteiger partial charge in [0.15, 0.2) is 0 Å². The van der Waals surface area contributed by atoms with Crippen molar-refractivity contribution in [3.05, 3.63) is 41.1 Å². The molecule has 0 radical (unpaired) electrons. The van der Waals surface area contributed by atoms with Crippen LogP contribution in [0.1, 0.15) is 27.7 Å². The Morgan fingerprint density at radius 3 is 2.48 bits per heavy atom. The average molecular weight is 300 g/mol. The zero-order chi connectivity index (χ0) is 15.6. The molecule has 0 fully saturated rings. The number of hydrogen-bond acceptors (Lipinski definition) is 5. The molecule has 0 bridgehead atoms. The number of carboxylic acid groups (broad SMARTS) is 1. The van der Waals surface area contributed by atoms with E-state index in [9.17, 15) is 23.1 Å². The number of aromatic nitrogens is 2. The van der Waals surface area contributed by atoms with Crippen LogP contribution in [0.25, 0.3) is 12.2 Å². The van der Waals surface area contributed by atoms with Gasteiger partial charge in [-0.3, -0.25) is 0 Å². The first-order valence-electron chi connectivity index (χ1n) is 5.42. The zero-order valence-corrected chi connectivity index (χ0v) is 10.1. The maximum absolute atomic E-state index is 12.2. The molecule has 2 N–H and O–H groups in total. The van der Waals surface area contributed by atoms with Crippen LogP contribution in [0.4, 0.5) is 13.2 Å². The second-order valence-corrected chi connectivity index (χ2v) is 3.86. The lowest BCUT2D eigenvalue weighted by Crippen LogP contribution is -2.04. The number of benzene rings is 1. The Bertz CT molecular complexity index is 707. The van der Waals surface area contributed by atoms with Gasteiger partial charge in [0, 0.05) is 6.08 Å². The molecule has 9 heteroatoms. The fourth-order valence-corrected chi connectivity index (χ4v) is 1.42. The quantitative estimate of drug-likeness (QED) is 0.904. The summed E-state index contributed by atoms with van der Waals surface area (Å²) in [6, 6.07) is 3.66. The molecule has 2 aromatic rings. The van der Waals surface area contributed by atoms with Gasteiger partial charge in [-0.2, -0.15) is 13.2 Å². The Morgan fingerprint density at radius 1 is 1.24 bits per heavy atom. The summed E-state index contributed by atoms with van der Waals surface area (Å²) in [5, 5.41) is 24.2. The number of aromatic hydroxyl groups is 1. The molecule has 110 valence electrons. The molecule has 0 unspecified atom stereocenters. The summed E-state index contributed by atoms with van der Waals surface area (Å²) in [5.41, 5.74) is 0.0635. The lowest BCUT2D eigenvalue weighted by molar-refractivity contribution is -0.157. The van der Waals surface area contributed by atoms with E-state index in [1.807, 2.05) is 0 Å². The van der Waals surface area contributed by atoms with E-state index in [0.717, 1.165) is 18.2 Å². The topological polar surface area (TPSA) is 96.5 Å². The van der Waals surface area contributed by atoms with E-state index in [1.165, 1.54) is 12.1 Å². The standard InChI is InChI=1S/C12H7F3N2O4/c13-12(14,15)11-17-16-9(21-11)4-2-6-1-3-7(10(19)20)8(18)5-6/h1-5,18H,(H,19,20)/b4-2+. The highest BCUT2D eigenvalue weighted by molar-refractivity contribution is 5.91. The van der Waals surface area contributed by atoms with Crippen molar-refractivity contribution in [1.29, 1.82) is 0 Å². The van der Waals surface area contributed by atoms with Crippen molar-refractivity contribution in [1.82, 2.24) is 10.2 Å². The van der Waals surface area contributed by atoms with E-state index in [-0.39, 0.29) is 11.5 Å². The van der Waals surface area contributed by atoms with Gasteiger partial charge < -0.3 is 14.6 Å². The highest BCUT2D eigenvalue weighted by atomic mass is 19.4. The number of aromatic carboxylic acids is 1. The molecule has 21 heavy (non-hydrogen) atoms. The van der Waals surface area contributed by atoms with E-state index in [2.05, 4.69) is 14.6 Å². The van der Waals surface area contributed by atoms with Gasteiger partial charge in [-0.05, 0) is 23.8 Å². The van der Waals surface area contributed by atoms with Crippen molar-refractivity contribution in [3.63, 3.8) is 0 Å². The largest absolute Gasteiger partial charge is 0.507 e. The van der Waals surface area contributed by atoms with Crippen LogP contribution in [0, 0.1) is 0 Å². The number of alkyl halides is 3. The van der Waals surface area contributed by atoms with Gasteiger partial charge in [0.1, 0.15) is 11.3 Å². The van der Waals surface area contributed by atoms with Crippen LogP contribution < -0.4 is 0 Å². The summed E-state index contributed by atoms with van der Waals surface area (Å²) in [5.74, 6) is -3.60. The molecule has 0 aliphatic rings. The van der Waals surface area contributed by atoms with Crippen LogP contribution in [0.2, 0.25) is 0 Å². The van der Waals surface area contributed by atoms with Gasteiger partial charge in [0.25, 0.3) is 0 Å². The summed E-state index contributed by atoms with van der Waals surface area (Å²) in [4.78, 5) is 10.7. The Hall–Kier alpha value is -2.84. The number of rotatable bonds is 3. The molecule has 0 atom stereocenters. The Kier molecular flexibility index (Phi) is 3.66. The Balaban J connectivity index is 2.20. The van der Waals surface area contributed by atoms with E-state index >= 15 is 0 Å². The summed E-state index contributed by atoms with van der Waals surface area (Å²) >= 11 is 0. The first-order chi connectivity index (χ1) is 9.77. The van der Waals surface area contributed by atoms with Crippen molar-refractivity contribution in [3.8, 4) is 5.75 Å². The Labute approximate surface area is 115 Å². The normalized spacial score (nSPS) is 12.0. The van der Waals surface area contributed by atoms with E-state index < -0.39 is 23.8 Å². The summed E-state index contributed by atoms with van der Waals surface area (Å²) in [6.45, 7) is 0. The summed E-state index contributed by atoms with van der Waals surface area (Å²) in [6.07, 6.45) is -2.32. The highest BCUT2D eigenvalue weighted by Gasteiger charge is 2.37. The third kappa shape index (κ3) is 3.38. The molecule has 6 nitrogen and oxygen atoms in total. The second-order valence-electron chi connectivity index (χ2n) is 3.86. The van der Waals surface area contributed by atoms with Gasteiger partial charge in [-0.1, -0.05) is 6.07 Å². The molecule has 1 heterocycles. The van der Waals surface area contributed by atoms with Crippen LogP contribution >= 0.6 is 0 Å². The second kappa shape index (κ2) is 5.27. The van der Waals surface area contributed by atoms with Crippen molar-refractivity contribution in [2.45, 2.75) is 6.18 Å². The molecular weight excluding hydrogens is 293 g/mol. The molecule has 1 aromatic carbocycles. The van der Waals surface area contributed by atoms with Gasteiger partial charge in [0.05, 0.1) is 0 Å². The maximum atomic E-state index is 12.2. The average Bonchev–Trinajstić information content (AvgIpc) is 2.84. The van der Waals surface area contributed by atoms with E-state index in [1.54, 1.807) is 0 Å². The molecular formula is C12H7F3N2O4. The SMILES string of the molecule is O=C(O)c1ccc(/C=C/c2nnc(C(F)(F)F)o2)cc1O. The minimum absolute atomic E-state index is 0.288. The molecule has 0 amide bonds. The lowest BCUT2D eigenvalue weighted by atomic mass is 10.1. The Morgan fingerprint density at radius 2 is 1.95 bits per heavy atom. The number of hydrogen-bond donors (Lipinski definition) is 2. The number of nitrogens with zero attached hydrogens (tertiary/aromatic N) is 2. The minimum atomic E-state index is -4.72. The number of phenols is 1. The maximum Gasteiger partial charge on any atom is 0.470 e. The highest BCUT2D eigenvalue weighted by Crippen LogP contribution is 2.28. The lowest BCUT2D eigenvalue weighted by Gasteiger charge is -2.00. The van der Waals surface area contributed by atoms with Gasteiger partial charge in [-0.15, -0.1) is 10.2 Å². The van der Waals surface area contributed by atoms with Crippen LogP contribution in [0.3, 0.4) is 0 Å². The van der Waals surface area contributed by atoms with E-state index in [4.69, 9.17) is 5.11 Å². The smallest absolute Gasteiger partial charge is 0.470 e. The summed E-state index contributed by atoms with van der Waals surface area (Å²) in [7, 11) is 0. The fourth-order valence-electron chi connectivity index (χ4n) is 1.42. The molecule has 0 saturated carbocycles. The van der Waals surface area contributed by atoms with E-state index in [0.29, 0.717) is 5.56 Å². The molecule has 0 saturated heterocycles.